The van der Waals surface area contributed by atoms with Crippen LogP contribution in [0.4, 0.5) is 11.6 Å². The van der Waals surface area contributed by atoms with Gasteiger partial charge in [-0.25, -0.2) is 9.97 Å². The fourth-order valence-electron chi connectivity index (χ4n) is 2.58. The summed E-state index contributed by atoms with van der Waals surface area (Å²) in [6.07, 6.45) is 5.55. The van der Waals surface area contributed by atoms with Crippen molar-refractivity contribution in [1.82, 2.24) is 15.1 Å². The van der Waals surface area contributed by atoms with Crippen LogP contribution in [0, 0.1) is 0 Å². The van der Waals surface area contributed by atoms with Crippen LogP contribution in [-0.4, -0.2) is 34.1 Å². The lowest BCUT2D eigenvalue weighted by Crippen LogP contribution is -2.20. The van der Waals surface area contributed by atoms with Gasteiger partial charge >= 0.3 is 0 Å². The molecule has 0 atom stereocenters. The van der Waals surface area contributed by atoms with Gasteiger partial charge in [0.1, 0.15) is 0 Å². The van der Waals surface area contributed by atoms with Crippen molar-refractivity contribution in [2.75, 3.05) is 23.3 Å². The maximum Gasteiger partial charge on any atom is 0.277 e. The first kappa shape index (κ1) is 14.8. The molecule has 0 bridgehead atoms. The zero-order valence-electron chi connectivity index (χ0n) is 12.8. The number of amides is 1. The standard InChI is InChI=1S/C16H15N5O2S/c22-15(12-8-13(23-20-12)14-4-3-7-24-14)19-11-9-17-16(18-10-11)21-5-1-2-6-21/h3-4,7-10H,1-2,5-6H2,(H,19,22). The third kappa shape index (κ3) is 3.00. The highest BCUT2D eigenvalue weighted by Gasteiger charge is 2.17. The Morgan fingerprint density at radius 3 is 2.75 bits per heavy atom. The van der Waals surface area contributed by atoms with E-state index in [9.17, 15) is 4.79 Å². The third-order valence-electron chi connectivity index (χ3n) is 3.79. The zero-order valence-corrected chi connectivity index (χ0v) is 13.6. The summed E-state index contributed by atoms with van der Waals surface area (Å²) in [4.78, 5) is 23.9. The number of hydrogen-bond donors (Lipinski definition) is 1. The number of thiophene rings is 1. The molecule has 0 radical (unpaired) electrons. The average molecular weight is 341 g/mol. The summed E-state index contributed by atoms with van der Waals surface area (Å²) in [5, 5.41) is 8.49. The van der Waals surface area contributed by atoms with E-state index in [4.69, 9.17) is 4.52 Å². The van der Waals surface area contributed by atoms with Crippen molar-refractivity contribution < 1.29 is 9.32 Å². The molecule has 7 nitrogen and oxygen atoms in total. The number of carbonyl (C=O) groups is 1. The van der Waals surface area contributed by atoms with E-state index in [1.807, 2.05) is 17.5 Å². The fourth-order valence-corrected chi connectivity index (χ4v) is 3.25. The number of anilines is 2. The first-order chi connectivity index (χ1) is 11.8. The summed E-state index contributed by atoms with van der Waals surface area (Å²) in [6.45, 7) is 1.96. The molecule has 1 fully saturated rings. The van der Waals surface area contributed by atoms with Gasteiger partial charge in [0, 0.05) is 19.2 Å². The van der Waals surface area contributed by atoms with E-state index < -0.39 is 0 Å². The first-order valence-corrected chi connectivity index (χ1v) is 8.56. The lowest BCUT2D eigenvalue weighted by atomic mass is 10.3. The van der Waals surface area contributed by atoms with E-state index in [0.717, 1.165) is 18.0 Å². The minimum atomic E-state index is -0.348. The van der Waals surface area contributed by atoms with E-state index in [0.29, 0.717) is 17.4 Å². The van der Waals surface area contributed by atoms with Crippen LogP contribution in [0.25, 0.3) is 10.6 Å². The van der Waals surface area contributed by atoms with Crippen LogP contribution < -0.4 is 10.2 Å². The topological polar surface area (TPSA) is 84.2 Å². The molecule has 1 aliphatic rings. The van der Waals surface area contributed by atoms with Gasteiger partial charge in [-0.15, -0.1) is 11.3 Å². The summed E-state index contributed by atoms with van der Waals surface area (Å²) in [6, 6.07) is 5.46. The minimum Gasteiger partial charge on any atom is -0.355 e. The molecule has 0 aliphatic carbocycles. The van der Waals surface area contributed by atoms with Gasteiger partial charge in [-0.05, 0) is 24.3 Å². The molecule has 1 aliphatic heterocycles. The second-order valence-corrected chi connectivity index (χ2v) is 6.42. The van der Waals surface area contributed by atoms with Gasteiger partial charge in [0.25, 0.3) is 5.91 Å². The number of nitrogens with one attached hydrogen (secondary N) is 1. The summed E-state index contributed by atoms with van der Waals surface area (Å²) < 4.78 is 5.22. The third-order valence-corrected chi connectivity index (χ3v) is 4.68. The molecule has 4 heterocycles. The molecular weight excluding hydrogens is 326 g/mol. The minimum absolute atomic E-state index is 0.224. The van der Waals surface area contributed by atoms with Crippen LogP contribution in [-0.2, 0) is 0 Å². The van der Waals surface area contributed by atoms with Crippen molar-refractivity contribution in [2.24, 2.45) is 0 Å². The van der Waals surface area contributed by atoms with Gasteiger partial charge in [-0.1, -0.05) is 11.2 Å². The predicted octanol–water partition coefficient (Wildman–Crippen LogP) is 3.05. The fraction of sp³-hybridized carbons (Fsp3) is 0.250. The normalized spacial score (nSPS) is 14.1. The van der Waals surface area contributed by atoms with Crippen molar-refractivity contribution in [3.05, 3.63) is 41.7 Å². The van der Waals surface area contributed by atoms with Gasteiger partial charge in [-0.2, -0.15) is 0 Å². The van der Waals surface area contributed by atoms with Crippen molar-refractivity contribution >= 4 is 28.9 Å². The molecule has 1 amide bonds. The smallest absolute Gasteiger partial charge is 0.277 e. The van der Waals surface area contributed by atoms with E-state index in [1.165, 1.54) is 24.2 Å². The highest BCUT2D eigenvalue weighted by molar-refractivity contribution is 7.13. The Bertz CT molecular complexity index is 823. The van der Waals surface area contributed by atoms with E-state index in [2.05, 4.69) is 25.3 Å². The van der Waals surface area contributed by atoms with Crippen LogP contribution in [0.15, 0.2) is 40.5 Å². The molecule has 0 saturated carbocycles. The Hall–Kier alpha value is -2.74. The van der Waals surface area contributed by atoms with Crippen LogP contribution in [0.5, 0.6) is 0 Å². The Kier molecular flexibility index (Phi) is 3.96. The molecule has 8 heteroatoms. The number of hydrogen-bond acceptors (Lipinski definition) is 7. The molecule has 3 aromatic heterocycles. The van der Waals surface area contributed by atoms with Gasteiger partial charge in [0.15, 0.2) is 11.5 Å². The zero-order chi connectivity index (χ0) is 16.4. The van der Waals surface area contributed by atoms with Gasteiger partial charge in [-0.3, -0.25) is 4.79 Å². The Balaban J connectivity index is 1.44. The number of aromatic nitrogens is 3. The molecule has 4 rings (SSSR count). The van der Waals surface area contributed by atoms with Crippen LogP contribution >= 0.6 is 11.3 Å². The maximum atomic E-state index is 12.2. The second-order valence-electron chi connectivity index (χ2n) is 5.47. The Morgan fingerprint density at radius 1 is 1.25 bits per heavy atom. The molecule has 0 aromatic carbocycles. The predicted molar refractivity (Wildman–Crippen MR) is 91.2 cm³/mol. The second kappa shape index (κ2) is 6.40. The summed E-state index contributed by atoms with van der Waals surface area (Å²) in [7, 11) is 0. The van der Waals surface area contributed by atoms with E-state index in [-0.39, 0.29) is 11.6 Å². The average Bonchev–Trinajstić information content (AvgIpc) is 3.35. The highest BCUT2D eigenvalue weighted by atomic mass is 32.1. The first-order valence-electron chi connectivity index (χ1n) is 7.68. The largest absolute Gasteiger partial charge is 0.355 e. The van der Waals surface area contributed by atoms with E-state index >= 15 is 0 Å². The molecule has 0 unspecified atom stereocenters. The lowest BCUT2D eigenvalue weighted by Gasteiger charge is -2.14. The van der Waals surface area contributed by atoms with Gasteiger partial charge in [0.2, 0.25) is 5.95 Å². The van der Waals surface area contributed by atoms with Gasteiger partial charge in [0.05, 0.1) is 23.0 Å². The molecule has 3 aromatic rings. The van der Waals surface area contributed by atoms with Crippen molar-refractivity contribution in [1.29, 1.82) is 0 Å². The van der Waals surface area contributed by atoms with E-state index in [1.54, 1.807) is 18.5 Å². The summed E-state index contributed by atoms with van der Waals surface area (Å²) >= 11 is 1.53. The van der Waals surface area contributed by atoms with Crippen LogP contribution in [0.1, 0.15) is 23.3 Å². The molecule has 24 heavy (non-hydrogen) atoms. The van der Waals surface area contributed by atoms with Crippen molar-refractivity contribution in [3.8, 4) is 10.6 Å². The number of nitrogens with zero attached hydrogens (tertiary/aromatic N) is 4. The molecule has 0 spiro atoms. The monoisotopic (exact) mass is 341 g/mol. The molecule has 122 valence electrons. The van der Waals surface area contributed by atoms with Gasteiger partial charge < -0.3 is 14.7 Å². The Labute approximate surface area is 142 Å². The summed E-state index contributed by atoms with van der Waals surface area (Å²) in [5.74, 6) is 0.932. The highest BCUT2D eigenvalue weighted by Crippen LogP contribution is 2.25. The quantitative estimate of drug-likeness (QED) is 0.785. The van der Waals surface area contributed by atoms with Crippen molar-refractivity contribution in [3.63, 3.8) is 0 Å². The molecular formula is C16H15N5O2S. The number of carbonyl (C=O) groups excluding carboxylic acids is 1. The van der Waals surface area contributed by atoms with Crippen molar-refractivity contribution in [2.45, 2.75) is 12.8 Å². The number of rotatable bonds is 4. The summed E-state index contributed by atoms with van der Waals surface area (Å²) in [5.41, 5.74) is 0.755. The molecule has 1 N–H and O–H groups in total. The van der Waals surface area contributed by atoms with Crippen LogP contribution in [0.2, 0.25) is 0 Å². The lowest BCUT2D eigenvalue weighted by molar-refractivity contribution is 0.101. The maximum absolute atomic E-state index is 12.2. The SMILES string of the molecule is O=C(Nc1cnc(N2CCCC2)nc1)c1cc(-c2cccs2)on1. The molecule has 1 saturated heterocycles. The van der Waals surface area contributed by atoms with Crippen LogP contribution in [0.3, 0.4) is 0 Å². The Morgan fingerprint density at radius 2 is 2.04 bits per heavy atom.